The summed E-state index contributed by atoms with van der Waals surface area (Å²) in [5, 5.41) is 9.10. The van der Waals surface area contributed by atoms with Crippen LogP contribution in [0.5, 0.6) is 0 Å². The van der Waals surface area contributed by atoms with E-state index in [1.165, 1.54) is 12.1 Å². The average molecular weight is 256 g/mol. The number of hydroxylamine groups is 2. The van der Waals surface area contributed by atoms with E-state index in [1.54, 1.807) is 12.1 Å². The first kappa shape index (κ1) is 11.4. The van der Waals surface area contributed by atoms with Gasteiger partial charge in [-0.25, -0.2) is 4.79 Å². The molecule has 6 heteroatoms. The number of nitriles is 1. The van der Waals surface area contributed by atoms with Gasteiger partial charge in [0.05, 0.1) is 29.0 Å². The van der Waals surface area contributed by atoms with Crippen LogP contribution in [-0.4, -0.2) is 22.8 Å². The Morgan fingerprint density at radius 3 is 2.32 bits per heavy atom. The first-order valence-corrected chi connectivity index (χ1v) is 5.72. The maximum Gasteiger partial charge on any atom is 0.337 e. The molecule has 0 bridgehead atoms. The monoisotopic (exact) mass is 256 g/mol. The van der Waals surface area contributed by atoms with E-state index in [4.69, 9.17) is 10.1 Å². The first-order valence-electron chi connectivity index (χ1n) is 5.72. The number of carbonyl (C=O) groups is 3. The molecule has 0 unspecified atom stereocenters. The van der Waals surface area contributed by atoms with Crippen LogP contribution < -0.4 is 0 Å². The Labute approximate surface area is 108 Å². The van der Waals surface area contributed by atoms with Crippen LogP contribution in [0.15, 0.2) is 24.3 Å². The number of hydrogen-bond acceptors (Lipinski definition) is 5. The van der Waals surface area contributed by atoms with Crippen LogP contribution in [0.1, 0.15) is 27.1 Å². The van der Waals surface area contributed by atoms with Crippen molar-refractivity contribution in [3.63, 3.8) is 0 Å². The number of amides is 2. The number of hydrogen-bond donors (Lipinski definition) is 0. The maximum atomic E-state index is 11.9. The normalized spacial score (nSPS) is 23.8. The minimum absolute atomic E-state index is 0.216. The molecule has 1 aromatic rings. The summed E-state index contributed by atoms with van der Waals surface area (Å²) >= 11 is 0. The second kappa shape index (κ2) is 3.92. The van der Waals surface area contributed by atoms with E-state index in [0.29, 0.717) is 11.5 Å². The number of imide groups is 1. The van der Waals surface area contributed by atoms with Crippen molar-refractivity contribution in [2.24, 2.45) is 11.8 Å². The van der Waals surface area contributed by atoms with Gasteiger partial charge in [-0.1, -0.05) is 17.2 Å². The molecule has 2 amide bonds. The Balaban J connectivity index is 1.78. The lowest BCUT2D eigenvalue weighted by Gasteiger charge is -2.12. The molecule has 0 aromatic heterocycles. The molecule has 3 rings (SSSR count). The van der Waals surface area contributed by atoms with Gasteiger partial charge in [0.1, 0.15) is 0 Å². The summed E-state index contributed by atoms with van der Waals surface area (Å²) in [6, 6.07) is 8.20. The zero-order valence-corrected chi connectivity index (χ0v) is 9.70. The largest absolute Gasteiger partial charge is 0.337 e. The Morgan fingerprint density at radius 1 is 1.26 bits per heavy atom. The average Bonchev–Trinajstić information content (AvgIpc) is 3.18. The van der Waals surface area contributed by atoms with E-state index in [2.05, 4.69) is 0 Å². The van der Waals surface area contributed by atoms with Gasteiger partial charge in [-0.15, -0.1) is 0 Å². The number of benzene rings is 1. The zero-order chi connectivity index (χ0) is 13.6. The van der Waals surface area contributed by atoms with Gasteiger partial charge in [0, 0.05) is 0 Å². The highest BCUT2D eigenvalue weighted by Gasteiger charge is 2.48. The van der Waals surface area contributed by atoms with Crippen LogP contribution in [-0.2, 0) is 9.63 Å². The van der Waals surface area contributed by atoms with Crippen molar-refractivity contribution in [2.45, 2.75) is 6.42 Å². The fourth-order valence-electron chi connectivity index (χ4n) is 2.01. The van der Waals surface area contributed by atoms with E-state index in [1.807, 2.05) is 6.07 Å². The highest BCUT2D eigenvalue weighted by Crippen LogP contribution is 2.39. The molecular formula is C13H8N2O4. The second-order valence-electron chi connectivity index (χ2n) is 4.44. The molecule has 1 aromatic carbocycles. The number of rotatable bonds is 2. The Hall–Kier alpha value is -2.68. The molecule has 0 spiro atoms. The molecule has 2 aliphatic rings. The topological polar surface area (TPSA) is 87.5 Å². The molecule has 2 atom stereocenters. The second-order valence-corrected chi connectivity index (χ2v) is 4.44. The van der Waals surface area contributed by atoms with Crippen molar-refractivity contribution in [2.75, 3.05) is 0 Å². The third-order valence-corrected chi connectivity index (χ3v) is 3.20. The van der Waals surface area contributed by atoms with Crippen molar-refractivity contribution in [1.29, 1.82) is 5.26 Å². The smallest absolute Gasteiger partial charge is 0.329 e. The van der Waals surface area contributed by atoms with Gasteiger partial charge >= 0.3 is 5.97 Å². The highest BCUT2D eigenvalue weighted by molar-refractivity contribution is 6.20. The summed E-state index contributed by atoms with van der Waals surface area (Å²) in [7, 11) is 0. The van der Waals surface area contributed by atoms with Crippen LogP contribution in [0.4, 0.5) is 0 Å². The van der Waals surface area contributed by atoms with Crippen LogP contribution in [0.2, 0.25) is 0 Å². The van der Waals surface area contributed by atoms with Crippen LogP contribution in [0.3, 0.4) is 0 Å². The van der Waals surface area contributed by atoms with Crippen molar-refractivity contribution < 1.29 is 19.2 Å². The lowest BCUT2D eigenvalue weighted by atomic mass is 10.1. The number of fused-ring (bicyclic) bond motifs is 1. The molecule has 0 radical (unpaired) electrons. The van der Waals surface area contributed by atoms with Crippen LogP contribution >= 0.6 is 0 Å². The lowest BCUT2D eigenvalue weighted by Crippen LogP contribution is -2.33. The number of nitrogens with zero attached hydrogens (tertiary/aromatic N) is 2. The molecule has 1 fully saturated rings. The van der Waals surface area contributed by atoms with Gasteiger partial charge in [-0.3, -0.25) is 9.59 Å². The quantitative estimate of drug-likeness (QED) is 0.733. The predicted molar refractivity (Wildman–Crippen MR) is 60.2 cm³/mol. The van der Waals surface area contributed by atoms with E-state index >= 15 is 0 Å². The van der Waals surface area contributed by atoms with Crippen LogP contribution in [0, 0.1) is 23.2 Å². The Bertz CT molecular complexity index is 611. The summed E-state index contributed by atoms with van der Waals surface area (Å²) in [5.41, 5.74) is 0.431. The minimum Gasteiger partial charge on any atom is -0.329 e. The predicted octanol–water partition coefficient (Wildman–Crippen LogP) is 0.900. The van der Waals surface area contributed by atoms with E-state index < -0.39 is 23.7 Å². The summed E-state index contributed by atoms with van der Waals surface area (Å²) in [6.07, 6.45) is 0.415. The van der Waals surface area contributed by atoms with Gasteiger partial charge in [0.25, 0.3) is 11.8 Å². The van der Waals surface area contributed by atoms with E-state index in [-0.39, 0.29) is 17.0 Å². The fraction of sp³-hybridized carbons (Fsp3) is 0.231. The fourth-order valence-corrected chi connectivity index (χ4v) is 2.01. The van der Waals surface area contributed by atoms with Gasteiger partial charge in [0.2, 0.25) is 0 Å². The third-order valence-electron chi connectivity index (χ3n) is 3.20. The van der Waals surface area contributed by atoms with Crippen molar-refractivity contribution in [1.82, 2.24) is 5.06 Å². The Morgan fingerprint density at radius 2 is 1.84 bits per heavy atom. The zero-order valence-electron chi connectivity index (χ0n) is 9.70. The highest BCUT2D eigenvalue weighted by atomic mass is 16.7. The molecule has 0 saturated heterocycles. The van der Waals surface area contributed by atoms with Crippen molar-refractivity contribution >= 4 is 17.8 Å². The van der Waals surface area contributed by atoms with Gasteiger partial charge in [0.15, 0.2) is 0 Å². The lowest BCUT2D eigenvalue weighted by molar-refractivity contribution is -0.170. The number of carbonyl (C=O) groups excluding carboxylic acids is 3. The molecule has 1 aliphatic carbocycles. The summed E-state index contributed by atoms with van der Waals surface area (Å²) < 4.78 is 0. The summed E-state index contributed by atoms with van der Waals surface area (Å²) in [5.74, 6) is -2.91. The SMILES string of the molecule is N#C[C@H]1C[C@@H]1C(=O)ON1C(=O)c2ccccc2C1=O. The standard InChI is InChI=1S/C13H8N2O4/c14-6-7-5-10(7)13(18)19-15-11(16)8-3-1-2-4-9(8)12(15)17/h1-4,7,10H,5H2/t7-,10+/m1/s1. The van der Waals surface area contributed by atoms with Gasteiger partial charge in [-0.05, 0) is 18.6 Å². The van der Waals surface area contributed by atoms with Crippen LogP contribution in [0.25, 0.3) is 0 Å². The van der Waals surface area contributed by atoms with Gasteiger partial charge < -0.3 is 4.84 Å². The van der Waals surface area contributed by atoms with Gasteiger partial charge in [-0.2, -0.15) is 5.26 Å². The van der Waals surface area contributed by atoms with E-state index in [9.17, 15) is 14.4 Å². The third kappa shape index (κ3) is 1.67. The Kier molecular flexibility index (Phi) is 2.35. The molecule has 19 heavy (non-hydrogen) atoms. The molecule has 1 aliphatic heterocycles. The minimum atomic E-state index is -0.707. The molecule has 1 saturated carbocycles. The molecule has 94 valence electrons. The summed E-state index contributed by atoms with van der Waals surface area (Å²) in [6.45, 7) is 0. The molecular weight excluding hydrogens is 248 g/mol. The van der Waals surface area contributed by atoms with Crippen molar-refractivity contribution in [3.8, 4) is 6.07 Å². The molecule has 6 nitrogen and oxygen atoms in total. The van der Waals surface area contributed by atoms with E-state index in [0.717, 1.165) is 0 Å². The van der Waals surface area contributed by atoms with Crippen molar-refractivity contribution in [3.05, 3.63) is 35.4 Å². The maximum absolute atomic E-state index is 11.9. The molecule has 1 heterocycles. The summed E-state index contributed by atoms with van der Waals surface area (Å²) in [4.78, 5) is 40.3. The molecule has 0 N–H and O–H groups in total. The first-order chi connectivity index (χ1) is 9.13.